The molecular formula is C12H28N2. The van der Waals surface area contributed by atoms with E-state index in [4.69, 9.17) is 0 Å². The van der Waals surface area contributed by atoms with Crippen molar-refractivity contribution in [2.24, 2.45) is 5.92 Å². The monoisotopic (exact) mass is 200 g/mol. The van der Waals surface area contributed by atoms with Crippen molar-refractivity contribution in [3.05, 3.63) is 0 Å². The lowest BCUT2D eigenvalue weighted by Gasteiger charge is -2.16. The highest BCUT2D eigenvalue weighted by atomic mass is 15.1. The first kappa shape index (κ1) is 13.9. The first-order valence-electron chi connectivity index (χ1n) is 5.90. The van der Waals surface area contributed by atoms with Crippen molar-refractivity contribution in [1.29, 1.82) is 0 Å². The van der Waals surface area contributed by atoms with Crippen LogP contribution in [0.15, 0.2) is 0 Å². The normalized spacial score (nSPS) is 13.9. The summed E-state index contributed by atoms with van der Waals surface area (Å²) in [5.41, 5.74) is 0. The third-order valence-electron chi connectivity index (χ3n) is 2.45. The molecule has 0 saturated carbocycles. The zero-order valence-corrected chi connectivity index (χ0v) is 10.6. The minimum absolute atomic E-state index is 0.680. The SMILES string of the molecule is CC(C)CC[C@@H](C)NCCCN(C)C. The van der Waals surface area contributed by atoms with Crippen molar-refractivity contribution in [3.8, 4) is 0 Å². The Labute approximate surface area is 90.1 Å². The van der Waals surface area contributed by atoms with Gasteiger partial charge >= 0.3 is 0 Å². The molecule has 2 nitrogen and oxygen atoms in total. The Morgan fingerprint density at radius 3 is 2.21 bits per heavy atom. The highest BCUT2D eigenvalue weighted by molar-refractivity contribution is 4.62. The highest BCUT2D eigenvalue weighted by Gasteiger charge is 2.02. The lowest BCUT2D eigenvalue weighted by molar-refractivity contribution is 0.380. The van der Waals surface area contributed by atoms with Crippen LogP contribution in [0.2, 0.25) is 0 Å². The molecule has 1 N–H and O–H groups in total. The zero-order chi connectivity index (χ0) is 11.0. The van der Waals surface area contributed by atoms with Crippen LogP contribution in [0.25, 0.3) is 0 Å². The third-order valence-corrected chi connectivity index (χ3v) is 2.45. The predicted molar refractivity (Wildman–Crippen MR) is 64.7 cm³/mol. The molecule has 0 bridgehead atoms. The maximum atomic E-state index is 3.57. The second-order valence-corrected chi connectivity index (χ2v) is 4.98. The molecule has 0 amide bonds. The van der Waals surface area contributed by atoms with Crippen molar-refractivity contribution in [2.45, 2.75) is 46.1 Å². The lowest BCUT2D eigenvalue weighted by Crippen LogP contribution is -2.29. The summed E-state index contributed by atoms with van der Waals surface area (Å²) in [6.45, 7) is 9.21. The van der Waals surface area contributed by atoms with E-state index >= 15 is 0 Å². The molecule has 0 aliphatic heterocycles. The van der Waals surface area contributed by atoms with Crippen molar-refractivity contribution in [3.63, 3.8) is 0 Å². The Kier molecular flexibility index (Phi) is 8.20. The van der Waals surface area contributed by atoms with E-state index in [0.717, 1.165) is 12.5 Å². The van der Waals surface area contributed by atoms with Crippen LogP contribution in [0.3, 0.4) is 0 Å². The fourth-order valence-corrected chi connectivity index (χ4v) is 1.43. The highest BCUT2D eigenvalue weighted by Crippen LogP contribution is 2.06. The molecule has 0 aliphatic rings. The van der Waals surface area contributed by atoms with Gasteiger partial charge in [-0.15, -0.1) is 0 Å². The molecule has 1 atom stereocenters. The van der Waals surface area contributed by atoms with Gasteiger partial charge in [0.25, 0.3) is 0 Å². The number of nitrogens with zero attached hydrogens (tertiary/aromatic N) is 1. The molecule has 0 heterocycles. The number of nitrogens with one attached hydrogen (secondary N) is 1. The van der Waals surface area contributed by atoms with Gasteiger partial charge in [-0.3, -0.25) is 0 Å². The summed E-state index contributed by atoms with van der Waals surface area (Å²) >= 11 is 0. The van der Waals surface area contributed by atoms with E-state index in [-0.39, 0.29) is 0 Å². The molecule has 14 heavy (non-hydrogen) atoms. The maximum Gasteiger partial charge on any atom is 0.00388 e. The first-order valence-corrected chi connectivity index (χ1v) is 5.90. The van der Waals surface area contributed by atoms with Gasteiger partial charge < -0.3 is 10.2 Å². The topological polar surface area (TPSA) is 15.3 Å². The number of rotatable bonds is 8. The van der Waals surface area contributed by atoms with Crippen LogP contribution < -0.4 is 5.32 Å². The van der Waals surface area contributed by atoms with Crippen LogP contribution in [0.4, 0.5) is 0 Å². The van der Waals surface area contributed by atoms with Gasteiger partial charge in [0.2, 0.25) is 0 Å². The van der Waals surface area contributed by atoms with Crippen molar-refractivity contribution >= 4 is 0 Å². The van der Waals surface area contributed by atoms with Crippen molar-refractivity contribution < 1.29 is 0 Å². The standard InChI is InChI=1S/C12H28N2/c1-11(2)7-8-12(3)13-9-6-10-14(4)5/h11-13H,6-10H2,1-5H3/t12-/m1/s1. The molecule has 0 unspecified atom stereocenters. The summed E-state index contributed by atoms with van der Waals surface area (Å²) in [5.74, 6) is 0.834. The van der Waals surface area contributed by atoms with Gasteiger partial charge in [0.05, 0.1) is 0 Å². The largest absolute Gasteiger partial charge is 0.314 e. The van der Waals surface area contributed by atoms with Gasteiger partial charge in [0, 0.05) is 6.04 Å². The van der Waals surface area contributed by atoms with E-state index in [1.165, 1.54) is 25.8 Å². The van der Waals surface area contributed by atoms with E-state index in [9.17, 15) is 0 Å². The first-order chi connectivity index (χ1) is 6.52. The predicted octanol–water partition coefficient (Wildman–Crippen LogP) is 2.35. The van der Waals surface area contributed by atoms with E-state index in [1.807, 2.05) is 0 Å². The molecule has 86 valence electrons. The molecule has 0 aromatic carbocycles. The van der Waals surface area contributed by atoms with Crippen molar-refractivity contribution in [2.75, 3.05) is 27.2 Å². The second kappa shape index (κ2) is 8.25. The van der Waals surface area contributed by atoms with Gasteiger partial charge in [-0.2, -0.15) is 0 Å². The average Bonchev–Trinajstić information content (AvgIpc) is 2.08. The third kappa shape index (κ3) is 10.0. The summed E-state index contributed by atoms with van der Waals surface area (Å²) in [7, 11) is 4.25. The van der Waals surface area contributed by atoms with Gasteiger partial charge in [0.15, 0.2) is 0 Å². The van der Waals surface area contributed by atoms with E-state index < -0.39 is 0 Å². The smallest absolute Gasteiger partial charge is 0.00388 e. The van der Waals surface area contributed by atoms with Gasteiger partial charge in [-0.05, 0) is 59.3 Å². The second-order valence-electron chi connectivity index (χ2n) is 4.98. The minimum Gasteiger partial charge on any atom is -0.314 e. The molecule has 0 aromatic rings. The van der Waals surface area contributed by atoms with Crippen molar-refractivity contribution in [1.82, 2.24) is 10.2 Å². The summed E-state index contributed by atoms with van der Waals surface area (Å²) in [4.78, 5) is 2.24. The fraction of sp³-hybridized carbons (Fsp3) is 1.00. The van der Waals surface area contributed by atoms with Crippen LogP contribution in [0, 0.1) is 5.92 Å². The van der Waals surface area contributed by atoms with Crippen LogP contribution in [-0.2, 0) is 0 Å². The Bertz CT molecular complexity index is 121. The zero-order valence-electron chi connectivity index (χ0n) is 10.6. The van der Waals surface area contributed by atoms with Crippen LogP contribution >= 0.6 is 0 Å². The molecule has 0 aliphatic carbocycles. The molecule has 0 aromatic heterocycles. The molecule has 0 radical (unpaired) electrons. The molecule has 0 fully saturated rings. The van der Waals surface area contributed by atoms with Gasteiger partial charge in [0.1, 0.15) is 0 Å². The number of hydrogen-bond donors (Lipinski definition) is 1. The van der Waals surface area contributed by atoms with Crippen LogP contribution in [-0.4, -0.2) is 38.1 Å². The van der Waals surface area contributed by atoms with E-state index in [0.29, 0.717) is 6.04 Å². The van der Waals surface area contributed by atoms with Crippen LogP contribution in [0.1, 0.15) is 40.0 Å². The summed E-state index contributed by atoms with van der Waals surface area (Å²) in [6.07, 6.45) is 3.89. The fourth-order valence-electron chi connectivity index (χ4n) is 1.43. The molecule has 0 saturated heterocycles. The summed E-state index contributed by atoms with van der Waals surface area (Å²) in [6, 6.07) is 0.680. The lowest BCUT2D eigenvalue weighted by atomic mass is 10.0. The molecule has 0 rings (SSSR count). The minimum atomic E-state index is 0.680. The summed E-state index contributed by atoms with van der Waals surface area (Å²) in [5, 5.41) is 3.57. The Morgan fingerprint density at radius 1 is 1.07 bits per heavy atom. The Hall–Kier alpha value is -0.0800. The summed E-state index contributed by atoms with van der Waals surface area (Å²) < 4.78 is 0. The van der Waals surface area contributed by atoms with Gasteiger partial charge in [-0.1, -0.05) is 13.8 Å². The molecule has 0 spiro atoms. The Morgan fingerprint density at radius 2 is 1.71 bits per heavy atom. The average molecular weight is 200 g/mol. The molecular weight excluding hydrogens is 172 g/mol. The van der Waals surface area contributed by atoms with E-state index in [2.05, 4.69) is 45.1 Å². The van der Waals surface area contributed by atoms with E-state index in [1.54, 1.807) is 0 Å². The van der Waals surface area contributed by atoms with Crippen LogP contribution in [0.5, 0.6) is 0 Å². The molecule has 2 heteroatoms. The number of hydrogen-bond acceptors (Lipinski definition) is 2. The maximum absolute atomic E-state index is 3.57. The quantitative estimate of drug-likeness (QED) is 0.605. The Balaban J connectivity index is 3.22. The van der Waals surface area contributed by atoms with Gasteiger partial charge in [-0.25, -0.2) is 0 Å².